The molecule has 1 unspecified atom stereocenters. The van der Waals surface area contributed by atoms with Gasteiger partial charge >= 0.3 is 0 Å². The lowest BCUT2D eigenvalue weighted by molar-refractivity contribution is -0.0674. The molecule has 0 amide bonds. The summed E-state index contributed by atoms with van der Waals surface area (Å²) in [5.74, 6) is 0.650. The average Bonchev–Trinajstić information content (AvgIpc) is 2.75. The van der Waals surface area contributed by atoms with Crippen LogP contribution in [0.25, 0.3) is 0 Å². The van der Waals surface area contributed by atoms with Gasteiger partial charge in [-0.25, -0.2) is 0 Å². The molecule has 0 saturated carbocycles. The Labute approximate surface area is 193 Å². The van der Waals surface area contributed by atoms with Gasteiger partial charge in [0.25, 0.3) is 0 Å². The molecule has 2 aliphatic heterocycles. The van der Waals surface area contributed by atoms with Crippen LogP contribution >= 0.6 is 34.8 Å². The van der Waals surface area contributed by atoms with Crippen molar-refractivity contribution in [3.63, 3.8) is 0 Å². The summed E-state index contributed by atoms with van der Waals surface area (Å²) in [6.07, 6.45) is 2.42. The third-order valence-electron chi connectivity index (χ3n) is 5.88. The number of hydrogen-bond donors (Lipinski definition) is 0. The van der Waals surface area contributed by atoms with Crippen LogP contribution in [-0.2, 0) is 11.3 Å². The first-order chi connectivity index (χ1) is 14.6. The summed E-state index contributed by atoms with van der Waals surface area (Å²) < 4.78 is 11.8. The van der Waals surface area contributed by atoms with Gasteiger partial charge in [0, 0.05) is 35.7 Å². The second-order valence-corrected chi connectivity index (χ2v) is 9.29. The van der Waals surface area contributed by atoms with Crippen LogP contribution in [0.1, 0.15) is 18.4 Å². The molecule has 2 aromatic carbocycles. The van der Waals surface area contributed by atoms with Crippen LogP contribution in [0.5, 0.6) is 5.75 Å². The quantitative estimate of drug-likeness (QED) is 0.566. The number of benzene rings is 2. The highest BCUT2D eigenvalue weighted by Crippen LogP contribution is 2.28. The van der Waals surface area contributed by atoms with E-state index in [1.54, 1.807) is 12.1 Å². The van der Waals surface area contributed by atoms with E-state index in [0.29, 0.717) is 28.4 Å². The van der Waals surface area contributed by atoms with Gasteiger partial charge in [0.05, 0.1) is 11.6 Å². The number of ether oxygens (including phenoxy) is 2. The van der Waals surface area contributed by atoms with Crippen molar-refractivity contribution < 1.29 is 9.47 Å². The summed E-state index contributed by atoms with van der Waals surface area (Å²) in [5, 5.41) is 1.93. The largest absolute Gasteiger partial charge is 0.489 e. The van der Waals surface area contributed by atoms with E-state index in [2.05, 4.69) is 21.9 Å². The van der Waals surface area contributed by atoms with E-state index >= 15 is 0 Å². The first kappa shape index (κ1) is 22.2. The van der Waals surface area contributed by atoms with Gasteiger partial charge in [0.1, 0.15) is 18.5 Å². The summed E-state index contributed by atoms with van der Waals surface area (Å²) in [6.45, 7) is 6.34. The number of halogens is 3. The van der Waals surface area contributed by atoms with E-state index in [1.165, 1.54) is 18.4 Å². The number of likely N-dealkylation sites (tertiary alicyclic amines) is 1. The molecule has 2 aliphatic rings. The first-order valence-electron chi connectivity index (χ1n) is 10.5. The van der Waals surface area contributed by atoms with Gasteiger partial charge < -0.3 is 9.47 Å². The van der Waals surface area contributed by atoms with Crippen molar-refractivity contribution >= 4 is 34.8 Å². The highest BCUT2D eigenvalue weighted by atomic mass is 35.5. The van der Waals surface area contributed by atoms with E-state index in [1.807, 2.05) is 18.2 Å². The zero-order valence-corrected chi connectivity index (χ0v) is 19.2. The van der Waals surface area contributed by atoms with Crippen molar-refractivity contribution in [3.8, 4) is 5.75 Å². The Kier molecular flexibility index (Phi) is 7.79. The Morgan fingerprint density at radius 1 is 0.933 bits per heavy atom. The van der Waals surface area contributed by atoms with E-state index < -0.39 is 0 Å². The molecule has 4 nitrogen and oxygen atoms in total. The van der Waals surface area contributed by atoms with E-state index in [4.69, 9.17) is 44.3 Å². The molecule has 0 N–H and O–H groups in total. The van der Waals surface area contributed by atoms with Crippen molar-refractivity contribution in [3.05, 3.63) is 63.1 Å². The van der Waals surface area contributed by atoms with Gasteiger partial charge in [-0.1, -0.05) is 46.9 Å². The third kappa shape index (κ3) is 6.03. The summed E-state index contributed by atoms with van der Waals surface area (Å²) in [6, 6.07) is 14.1. The highest BCUT2D eigenvalue weighted by Gasteiger charge is 2.29. The monoisotopic (exact) mass is 468 g/mol. The molecule has 7 heteroatoms. The number of piperidine rings is 1. The minimum atomic E-state index is 0.0533. The Morgan fingerprint density at radius 2 is 1.67 bits per heavy atom. The zero-order chi connectivity index (χ0) is 20.9. The van der Waals surface area contributed by atoms with Crippen molar-refractivity contribution in [1.82, 2.24) is 9.80 Å². The fraction of sp³-hybridized carbons (Fsp3) is 0.478. The number of nitrogens with zero attached hydrogens (tertiary/aromatic N) is 2. The average molecular weight is 470 g/mol. The molecule has 1 atom stereocenters. The normalized spacial score (nSPS) is 21.6. The topological polar surface area (TPSA) is 24.9 Å². The molecule has 30 heavy (non-hydrogen) atoms. The smallest absolute Gasteiger partial charge is 0.138 e. The molecule has 0 radical (unpaired) electrons. The molecular formula is C23H27Cl3N2O2. The number of hydrogen-bond acceptors (Lipinski definition) is 4. The molecule has 0 spiro atoms. The Hall–Kier alpha value is -1.01. The van der Waals surface area contributed by atoms with Gasteiger partial charge in [-0.05, 0) is 61.8 Å². The summed E-state index contributed by atoms with van der Waals surface area (Å²) >= 11 is 18.2. The Balaban J connectivity index is 1.23. The lowest BCUT2D eigenvalue weighted by atomic mass is 10.0. The molecule has 2 saturated heterocycles. The van der Waals surface area contributed by atoms with Gasteiger partial charge in [0.15, 0.2) is 0 Å². The number of rotatable bonds is 6. The fourth-order valence-corrected chi connectivity index (χ4v) is 4.83. The Morgan fingerprint density at radius 3 is 2.40 bits per heavy atom. The molecule has 2 fully saturated rings. The molecule has 2 aromatic rings. The SMILES string of the molecule is Clc1ccc(CN2CCC(N3CCOC(COc4ccc(Cl)cc4Cl)C3)CC2)cc1. The van der Waals surface area contributed by atoms with Crippen LogP contribution in [0, 0.1) is 0 Å². The van der Waals surface area contributed by atoms with Gasteiger partial charge in [-0.3, -0.25) is 9.80 Å². The summed E-state index contributed by atoms with van der Waals surface area (Å²) in [5.41, 5.74) is 1.32. The van der Waals surface area contributed by atoms with Gasteiger partial charge in [-0.2, -0.15) is 0 Å². The van der Waals surface area contributed by atoms with Crippen LogP contribution in [0.3, 0.4) is 0 Å². The molecule has 162 valence electrons. The zero-order valence-electron chi connectivity index (χ0n) is 16.9. The predicted molar refractivity (Wildman–Crippen MR) is 123 cm³/mol. The molecule has 0 aromatic heterocycles. The van der Waals surface area contributed by atoms with Crippen LogP contribution in [0.2, 0.25) is 15.1 Å². The maximum Gasteiger partial charge on any atom is 0.138 e. The van der Waals surface area contributed by atoms with Crippen LogP contribution in [0.4, 0.5) is 0 Å². The maximum atomic E-state index is 6.21. The number of morpholine rings is 1. The maximum absolute atomic E-state index is 6.21. The standard InChI is InChI=1S/C23H27Cl3N2O2/c24-18-3-1-17(2-4-18)14-27-9-7-20(8-10-27)28-11-12-29-21(15-28)16-30-23-6-5-19(25)13-22(23)26/h1-6,13,20-21H,7-12,14-16H2. The first-order valence-corrected chi connectivity index (χ1v) is 11.6. The van der Waals surface area contributed by atoms with Crippen LogP contribution in [0.15, 0.2) is 42.5 Å². The minimum Gasteiger partial charge on any atom is -0.489 e. The molecule has 4 rings (SSSR count). The van der Waals surface area contributed by atoms with Crippen molar-refractivity contribution in [1.29, 1.82) is 0 Å². The van der Waals surface area contributed by atoms with Crippen LogP contribution in [-0.4, -0.2) is 61.3 Å². The van der Waals surface area contributed by atoms with Crippen molar-refractivity contribution in [2.45, 2.75) is 31.5 Å². The van der Waals surface area contributed by atoms with E-state index in [-0.39, 0.29) is 6.10 Å². The van der Waals surface area contributed by atoms with Gasteiger partial charge in [-0.15, -0.1) is 0 Å². The molecule has 2 heterocycles. The molecule has 0 aliphatic carbocycles. The Bertz CT molecular complexity index is 826. The second-order valence-electron chi connectivity index (χ2n) is 8.01. The van der Waals surface area contributed by atoms with Crippen molar-refractivity contribution in [2.24, 2.45) is 0 Å². The fourth-order valence-electron chi connectivity index (χ4n) is 4.24. The van der Waals surface area contributed by atoms with E-state index in [0.717, 1.165) is 44.4 Å². The van der Waals surface area contributed by atoms with Crippen molar-refractivity contribution in [2.75, 3.05) is 39.4 Å². The van der Waals surface area contributed by atoms with E-state index in [9.17, 15) is 0 Å². The van der Waals surface area contributed by atoms with Gasteiger partial charge in [0.2, 0.25) is 0 Å². The lowest BCUT2D eigenvalue weighted by Gasteiger charge is -2.42. The molecular weight excluding hydrogens is 443 g/mol. The van der Waals surface area contributed by atoms with Crippen LogP contribution < -0.4 is 4.74 Å². The predicted octanol–water partition coefficient (Wildman–Crippen LogP) is 5.39. The minimum absolute atomic E-state index is 0.0533. The third-order valence-corrected chi connectivity index (χ3v) is 6.66. The summed E-state index contributed by atoms with van der Waals surface area (Å²) in [4.78, 5) is 5.10. The highest BCUT2D eigenvalue weighted by molar-refractivity contribution is 6.35. The summed E-state index contributed by atoms with van der Waals surface area (Å²) in [7, 11) is 0. The molecule has 0 bridgehead atoms. The lowest BCUT2D eigenvalue weighted by Crippen LogP contribution is -2.52. The second kappa shape index (κ2) is 10.5.